The molecule has 2 rings (SSSR count). The molecule has 1 aliphatic rings. The van der Waals surface area contributed by atoms with Gasteiger partial charge < -0.3 is 0 Å². The molecule has 0 fully saturated rings. The molecule has 4 nitrogen and oxygen atoms in total. The van der Waals surface area contributed by atoms with Gasteiger partial charge in [0.05, 0.1) is 0 Å². The summed E-state index contributed by atoms with van der Waals surface area (Å²) in [6.07, 6.45) is 6.55. The molecule has 1 aromatic rings. The molecule has 0 saturated carbocycles. The van der Waals surface area contributed by atoms with Crippen molar-refractivity contribution in [3.05, 3.63) is 11.9 Å². The highest BCUT2D eigenvalue weighted by molar-refractivity contribution is 5.65. The molecule has 1 aliphatic heterocycles. The second kappa shape index (κ2) is 2.30. The Bertz CT molecular complexity index is 292. The fraction of sp³-hybridized carbons (Fsp3) is 0.286. The first kappa shape index (κ1) is 6.27. The summed E-state index contributed by atoms with van der Waals surface area (Å²) < 4.78 is 1.68. The van der Waals surface area contributed by atoms with E-state index >= 15 is 0 Å². The highest BCUT2D eigenvalue weighted by Crippen LogP contribution is 2.10. The van der Waals surface area contributed by atoms with Crippen molar-refractivity contribution in [1.82, 2.24) is 14.8 Å². The molecule has 11 heavy (non-hydrogen) atoms. The Morgan fingerprint density at radius 3 is 3.36 bits per heavy atom. The molecule has 0 radical (unpaired) electrons. The number of allylic oxidation sites excluding steroid dienone is 1. The molecule has 0 N–H and O–H groups in total. The first-order valence-corrected chi connectivity index (χ1v) is 3.48. The second-order valence-electron chi connectivity index (χ2n) is 2.34. The van der Waals surface area contributed by atoms with Crippen molar-refractivity contribution in [3.63, 3.8) is 0 Å². The summed E-state index contributed by atoms with van der Waals surface area (Å²) in [4.78, 5) is 8.22. The average molecular weight is 148 g/mol. The Balaban J connectivity index is 2.56. The van der Waals surface area contributed by atoms with Crippen LogP contribution in [0.25, 0.3) is 6.20 Å². The van der Waals surface area contributed by atoms with Gasteiger partial charge in [-0.3, -0.25) is 0 Å². The SMILES string of the molecule is Cc1nc2n(n1)C=CCC=N2. The van der Waals surface area contributed by atoms with Crippen molar-refractivity contribution in [2.75, 3.05) is 0 Å². The summed E-state index contributed by atoms with van der Waals surface area (Å²) in [6, 6.07) is 0. The van der Waals surface area contributed by atoms with Gasteiger partial charge in [0.15, 0.2) is 0 Å². The molecular formula is C7H8N4. The molecule has 0 aromatic carbocycles. The van der Waals surface area contributed by atoms with E-state index < -0.39 is 0 Å². The summed E-state index contributed by atoms with van der Waals surface area (Å²) in [5.74, 6) is 1.42. The van der Waals surface area contributed by atoms with Crippen molar-refractivity contribution in [3.8, 4) is 0 Å². The molecule has 0 bridgehead atoms. The summed E-state index contributed by atoms with van der Waals surface area (Å²) in [5.41, 5.74) is 0. The van der Waals surface area contributed by atoms with E-state index in [0.29, 0.717) is 5.95 Å². The van der Waals surface area contributed by atoms with E-state index in [1.54, 1.807) is 4.68 Å². The molecule has 4 heteroatoms. The summed E-state index contributed by atoms with van der Waals surface area (Å²) >= 11 is 0. The normalized spacial score (nSPS) is 14.6. The van der Waals surface area contributed by atoms with E-state index in [1.165, 1.54) is 0 Å². The number of hydrogen-bond donors (Lipinski definition) is 0. The monoisotopic (exact) mass is 148 g/mol. The van der Waals surface area contributed by atoms with Gasteiger partial charge in [0.1, 0.15) is 5.82 Å². The third kappa shape index (κ3) is 1.07. The topological polar surface area (TPSA) is 43.1 Å². The predicted molar refractivity (Wildman–Crippen MR) is 42.9 cm³/mol. The van der Waals surface area contributed by atoms with Crippen LogP contribution < -0.4 is 0 Å². The smallest absolute Gasteiger partial charge is 0.224 e. The van der Waals surface area contributed by atoms with Crippen LogP contribution in [0.3, 0.4) is 0 Å². The maximum Gasteiger partial charge on any atom is 0.252 e. The lowest BCUT2D eigenvalue weighted by molar-refractivity contribution is 0.912. The maximum absolute atomic E-state index is 4.12. The first-order valence-electron chi connectivity index (χ1n) is 3.48. The number of nitrogens with zero attached hydrogens (tertiary/aromatic N) is 4. The molecule has 0 atom stereocenters. The summed E-state index contributed by atoms with van der Waals surface area (Å²) in [5, 5.41) is 4.12. The third-order valence-electron chi connectivity index (χ3n) is 1.41. The van der Waals surface area contributed by atoms with E-state index in [-0.39, 0.29) is 0 Å². The van der Waals surface area contributed by atoms with E-state index in [9.17, 15) is 0 Å². The molecule has 0 amide bonds. The van der Waals surface area contributed by atoms with Gasteiger partial charge >= 0.3 is 0 Å². The maximum atomic E-state index is 4.12. The fourth-order valence-electron chi connectivity index (χ4n) is 0.963. The van der Waals surface area contributed by atoms with E-state index in [1.807, 2.05) is 25.4 Å². The van der Waals surface area contributed by atoms with Gasteiger partial charge in [-0.15, -0.1) is 0 Å². The zero-order valence-corrected chi connectivity index (χ0v) is 6.23. The van der Waals surface area contributed by atoms with Gasteiger partial charge in [0.25, 0.3) is 5.95 Å². The lowest BCUT2D eigenvalue weighted by Crippen LogP contribution is -1.86. The number of aromatic nitrogens is 3. The van der Waals surface area contributed by atoms with Gasteiger partial charge in [-0.2, -0.15) is 10.1 Å². The van der Waals surface area contributed by atoms with Crippen LogP contribution in [0, 0.1) is 6.92 Å². The van der Waals surface area contributed by atoms with Gasteiger partial charge in [0.2, 0.25) is 0 Å². The molecular weight excluding hydrogens is 140 g/mol. The zero-order valence-electron chi connectivity index (χ0n) is 6.23. The molecule has 1 aromatic heterocycles. The Hall–Kier alpha value is -1.45. The van der Waals surface area contributed by atoms with E-state index in [2.05, 4.69) is 15.1 Å². The van der Waals surface area contributed by atoms with Crippen molar-refractivity contribution in [2.45, 2.75) is 13.3 Å². The van der Waals surface area contributed by atoms with Crippen LogP contribution in [0.5, 0.6) is 0 Å². The average Bonchev–Trinajstić information content (AvgIpc) is 2.17. The number of fused-ring (bicyclic) bond motifs is 1. The lowest BCUT2D eigenvalue weighted by atomic mass is 10.4. The Kier molecular flexibility index (Phi) is 1.31. The van der Waals surface area contributed by atoms with Crippen LogP contribution in [0.2, 0.25) is 0 Å². The van der Waals surface area contributed by atoms with Crippen LogP contribution in [0.15, 0.2) is 11.1 Å². The summed E-state index contributed by atoms with van der Waals surface area (Å²) in [7, 11) is 0. The molecule has 0 aliphatic carbocycles. The van der Waals surface area contributed by atoms with Gasteiger partial charge in [-0.1, -0.05) is 6.08 Å². The van der Waals surface area contributed by atoms with Crippen LogP contribution >= 0.6 is 0 Å². The first-order chi connectivity index (χ1) is 5.36. The molecule has 56 valence electrons. The predicted octanol–water partition coefficient (Wildman–Crippen LogP) is 1.16. The lowest BCUT2D eigenvalue weighted by Gasteiger charge is -1.87. The Morgan fingerprint density at radius 2 is 2.45 bits per heavy atom. The Morgan fingerprint density at radius 1 is 1.55 bits per heavy atom. The number of rotatable bonds is 0. The van der Waals surface area contributed by atoms with Gasteiger partial charge in [-0.05, 0) is 6.92 Å². The number of aliphatic imine (C=N–C) groups is 1. The quantitative estimate of drug-likeness (QED) is 0.554. The number of aryl methyl sites for hydroxylation is 1. The minimum absolute atomic E-state index is 0.663. The van der Waals surface area contributed by atoms with Crippen LogP contribution in [0.1, 0.15) is 12.2 Å². The Labute approximate surface area is 64.3 Å². The zero-order chi connectivity index (χ0) is 7.68. The van der Waals surface area contributed by atoms with Crippen molar-refractivity contribution in [2.24, 2.45) is 4.99 Å². The van der Waals surface area contributed by atoms with Crippen LogP contribution in [0.4, 0.5) is 5.95 Å². The van der Waals surface area contributed by atoms with Gasteiger partial charge in [0, 0.05) is 18.8 Å². The highest BCUT2D eigenvalue weighted by atomic mass is 15.4. The van der Waals surface area contributed by atoms with Crippen LogP contribution in [-0.4, -0.2) is 21.0 Å². The molecule has 0 saturated heterocycles. The highest BCUT2D eigenvalue weighted by Gasteiger charge is 2.02. The van der Waals surface area contributed by atoms with Gasteiger partial charge in [-0.25, -0.2) is 9.67 Å². The standard InChI is InChI=1S/C7H8N4/c1-6-9-7-8-4-2-3-5-11(7)10-6/h3-5H,2H2,1H3. The van der Waals surface area contributed by atoms with E-state index in [4.69, 9.17) is 0 Å². The largest absolute Gasteiger partial charge is 0.252 e. The summed E-state index contributed by atoms with van der Waals surface area (Å²) in [6.45, 7) is 1.85. The molecule has 2 heterocycles. The van der Waals surface area contributed by atoms with E-state index in [0.717, 1.165) is 12.2 Å². The molecule has 0 unspecified atom stereocenters. The second-order valence-corrected chi connectivity index (χ2v) is 2.34. The van der Waals surface area contributed by atoms with Crippen molar-refractivity contribution < 1.29 is 0 Å². The van der Waals surface area contributed by atoms with Crippen molar-refractivity contribution >= 4 is 18.4 Å². The van der Waals surface area contributed by atoms with Crippen molar-refractivity contribution in [1.29, 1.82) is 0 Å². The number of hydrogen-bond acceptors (Lipinski definition) is 3. The minimum Gasteiger partial charge on any atom is -0.224 e. The fourth-order valence-corrected chi connectivity index (χ4v) is 0.963. The third-order valence-corrected chi connectivity index (χ3v) is 1.41. The van der Waals surface area contributed by atoms with Crippen LogP contribution in [-0.2, 0) is 0 Å². The molecule has 0 spiro atoms. The minimum atomic E-state index is 0.663.